The second-order valence-electron chi connectivity index (χ2n) is 2.74. The first kappa shape index (κ1) is 11.2. The Kier molecular flexibility index (Phi) is 6.48. The lowest BCUT2D eigenvalue weighted by atomic mass is 10.2. The van der Waals surface area contributed by atoms with E-state index in [0.717, 1.165) is 12.1 Å². The number of methoxy groups -OCH3 is 1. The summed E-state index contributed by atoms with van der Waals surface area (Å²) in [4.78, 5) is 0. The molecule has 0 aromatic carbocycles. The van der Waals surface area contributed by atoms with Crippen LogP contribution in [-0.4, -0.2) is 13.7 Å². The second kappa shape index (κ2) is 6.92. The van der Waals surface area contributed by atoms with Crippen LogP contribution in [0, 0.1) is 0 Å². The molecule has 0 aromatic heterocycles. The zero-order chi connectivity index (χ0) is 9.40. The number of rotatable bonds is 5. The summed E-state index contributed by atoms with van der Waals surface area (Å²) in [6, 6.07) is 0. The first-order valence-electron chi connectivity index (χ1n) is 4.30. The molecule has 0 aliphatic rings. The molecular formula is C10H19NO. The highest BCUT2D eigenvalue weighted by Gasteiger charge is 1.90. The summed E-state index contributed by atoms with van der Waals surface area (Å²) in [5.74, 6) is 0. The number of nitrogens with one attached hydrogen (secondary N) is 1. The van der Waals surface area contributed by atoms with Gasteiger partial charge in [0, 0.05) is 12.8 Å². The highest BCUT2D eigenvalue weighted by Crippen LogP contribution is 1.97. The van der Waals surface area contributed by atoms with Crippen molar-refractivity contribution in [2.75, 3.05) is 13.7 Å². The Morgan fingerprint density at radius 2 is 2.17 bits per heavy atom. The van der Waals surface area contributed by atoms with Crippen LogP contribution < -0.4 is 5.32 Å². The Morgan fingerprint density at radius 1 is 1.50 bits per heavy atom. The molecule has 0 saturated heterocycles. The molecule has 0 amide bonds. The van der Waals surface area contributed by atoms with E-state index < -0.39 is 0 Å². The average molecular weight is 169 g/mol. The summed E-state index contributed by atoms with van der Waals surface area (Å²) in [6.45, 7) is 6.88. The van der Waals surface area contributed by atoms with Crippen molar-refractivity contribution in [2.45, 2.75) is 27.2 Å². The maximum Gasteiger partial charge on any atom is 0.0858 e. The number of hydrogen-bond acceptors (Lipinski definition) is 2. The third kappa shape index (κ3) is 4.97. The molecule has 0 aliphatic heterocycles. The molecule has 0 rings (SSSR count). The molecule has 0 aliphatic carbocycles. The third-order valence-corrected chi connectivity index (χ3v) is 1.71. The van der Waals surface area contributed by atoms with E-state index in [-0.39, 0.29) is 0 Å². The Balaban J connectivity index is 3.88. The summed E-state index contributed by atoms with van der Waals surface area (Å²) in [6.07, 6.45) is 5.12. The molecule has 0 fully saturated rings. The van der Waals surface area contributed by atoms with Crippen LogP contribution in [-0.2, 0) is 4.74 Å². The molecule has 1 N–H and O–H groups in total. The van der Waals surface area contributed by atoms with Crippen LogP contribution in [0.5, 0.6) is 0 Å². The minimum absolute atomic E-state index is 0.643. The maximum absolute atomic E-state index is 5.00. The van der Waals surface area contributed by atoms with Crippen molar-refractivity contribution in [1.82, 2.24) is 5.32 Å². The highest BCUT2D eigenvalue weighted by molar-refractivity contribution is 5.06. The van der Waals surface area contributed by atoms with E-state index in [1.165, 1.54) is 5.57 Å². The predicted molar refractivity (Wildman–Crippen MR) is 52.8 cm³/mol. The van der Waals surface area contributed by atoms with Gasteiger partial charge in [0.25, 0.3) is 0 Å². The molecule has 0 aromatic rings. The van der Waals surface area contributed by atoms with Gasteiger partial charge in [-0.25, -0.2) is 0 Å². The van der Waals surface area contributed by atoms with Crippen molar-refractivity contribution >= 4 is 0 Å². The maximum atomic E-state index is 5.00. The minimum Gasteiger partial charge on any atom is -0.378 e. The minimum atomic E-state index is 0.643. The van der Waals surface area contributed by atoms with Gasteiger partial charge < -0.3 is 10.1 Å². The van der Waals surface area contributed by atoms with Crippen molar-refractivity contribution in [1.29, 1.82) is 0 Å². The first-order valence-corrected chi connectivity index (χ1v) is 4.30. The first-order chi connectivity index (χ1) is 5.74. The molecule has 0 unspecified atom stereocenters. The second-order valence-corrected chi connectivity index (χ2v) is 2.74. The molecule has 0 bridgehead atoms. The highest BCUT2D eigenvalue weighted by atomic mass is 16.5. The predicted octanol–water partition coefficient (Wildman–Crippen LogP) is 2.44. The van der Waals surface area contributed by atoms with Crippen LogP contribution in [0.2, 0.25) is 0 Å². The molecule has 12 heavy (non-hydrogen) atoms. The summed E-state index contributed by atoms with van der Waals surface area (Å²) in [7, 11) is 1.70. The fourth-order valence-corrected chi connectivity index (χ4v) is 0.682. The van der Waals surface area contributed by atoms with E-state index in [9.17, 15) is 0 Å². The SMILES string of the molecule is C/C=C(/COC)N/C=C(/C)CC. The number of allylic oxidation sites excluding steroid dienone is 2. The van der Waals surface area contributed by atoms with Crippen LogP contribution in [0.4, 0.5) is 0 Å². The number of hydrogen-bond donors (Lipinski definition) is 1. The zero-order valence-corrected chi connectivity index (χ0v) is 8.48. The van der Waals surface area contributed by atoms with Gasteiger partial charge in [0.15, 0.2) is 0 Å². The summed E-state index contributed by atoms with van der Waals surface area (Å²) in [5.41, 5.74) is 2.44. The monoisotopic (exact) mass is 169 g/mol. The zero-order valence-electron chi connectivity index (χ0n) is 8.48. The van der Waals surface area contributed by atoms with E-state index in [1.807, 2.05) is 19.2 Å². The van der Waals surface area contributed by atoms with Gasteiger partial charge in [0.1, 0.15) is 0 Å². The number of ether oxygens (including phenoxy) is 1. The largest absolute Gasteiger partial charge is 0.378 e. The van der Waals surface area contributed by atoms with Crippen molar-refractivity contribution < 1.29 is 4.74 Å². The normalized spacial score (nSPS) is 13.3. The fourth-order valence-electron chi connectivity index (χ4n) is 0.682. The lowest BCUT2D eigenvalue weighted by Crippen LogP contribution is -2.10. The van der Waals surface area contributed by atoms with Gasteiger partial charge in [-0.15, -0.1) is 0 Å². The summed E-state index contributed by atoms with van der Waals surface area (Å²) < 4.78 is 5.00. The average Bonchev–Trinajstić information content (AvgIpc) is 2.11. The van der Waals surface area contributed by atoms with E-state index in [4.69, 9.17) is 4.74 Å². The van der Waals surface area contributed by atoms with E-state index in [2.05, 4.69) is 19.2 Å². The van der Waals surface area contributed by atoms with E-state index in [1.54, 1.807) is 7.11 Å². The third-order valence-electron chi connectivity index (χ3n) is 1.71. The molecule has 2 nitrogen and oxygen atoms in total. The fraction of sp³-hybridized carbons (Fsp3) is 0.600. The van der Waals surface area contributed by atoms with Gasteiger partial charge in [0.2, 0.25) is 0 Å². The van der Waals surface area contributed by atoms with Crippen molar-refractivity contribution in [2.24, 2.45) is 0 Å². The van der Waals surface area contributed by atoms with Crippen molar-refractivity contribution in [3.05, 3.63) is 23.5 Å². The van der Waals surface area contributed by atoms with Gasteiger partial charge in [-0.3, -0.25) is 0 Å². The van der Waals surface area contributed by atoms with Gasteiger partial charge in [-0.05, 0) is 26.5 Å². The summed E-state index contributed by atoms with van der Waals surface area (Å²) in [5, 5.41) is 3.20. The van der Waals surface area contributed by atoms with Crippen LogP contribution in [0.3, 0.4) is 0 Å². The molecule has 0 radical (unpaired) electrons. The van der Waals surface area contributed by atoms with Crippen LogP contribution in [0.1, 0.15) is 27.2 Å². The van der Waals surface area contributed by atoms with Gasteiger partial charge in [-0.1, -0.05) is 18.6 Å². The quantitative estimate of drug-likeness (QED) is 0.682. The van der Waals surface area contributed by atoms with Crippen molar-refractivity contribution in [3.8, 4) is 0 Å². The Hall–Kier alpha value is -0.760. The lowest BCUT2D eigenvalue weighted by Gasteiger charge is -2.05. The lowest BCUT2D eigenvalue weighted by molar-refractivity contribution is 0.221. The molecule has 70 valence electrons. The standard InChI is InChI=1S/C10H19NO/c1-5-9(3)7-11-10(6-2)8-12-4/h6-7,11H,5,8H2,1-4H3/b9-7-,10-6-. The topological polar surface area (TPSA) is 21.3 Å². The smallest absolute Gasteiger partial charge is 0.0858 e. The van der Waals surface area contributed by atoms with Crippen molar-refractivity contribution in [3.63, 3.8) is 0 Å². The molecule has 0 atom stereocenters. The Labute approximate surface area is 75.3 Å². The van der Waals surface area contributed by atoms with E-state index >= 15 is 0 Å². The molecule has 2 heteroatoms. The van der Waals surface area contributed by atoms with Crippen LogP contribution >= 0.6 is 0 Å². The van der Waals surface area contributed by atoms with E-state index in [0.29, 0.717) is 6.61 Å². The van der Waals surface area contributed by atoms with Crippen LogP contribution in [0.15, 0.2) is 23.5 Å². The van der Waals surface area contributed by atoms with Gasteiger partial charge >= 0.3 is 0 Å². The molecule has 0 heterocycles. The molecule has 0 spiro atoms. The van der Waals surface area contributed by atoms with Gasteiger partial charge in [0.05, 0.1) is 6.61 Å². The van der Waals surface area contributed by atoms with Gasteiger partial charge in [-0.2, -0.15) is 0 Å². The molecular weight excluding hydrogens is 150 g/mol. The van der Waals surface area contributed by atoms with Crippen LogP contribution in [0.25, 0.3) is 0 Å². The Bertz CT molecular complexity index is 171. The molecule has 0 saturated carbocycles. The Morgan fingerprint density at radius 3 is 2.58 bits per heavy atom. The summed E-state index contributed by atoms with van der Waals surface area (Å²) >= 11 is 0.